The van der Waals surface area contributed by atoms with Crippen LogP contribution >= 0.6 is 11.6 Å². The van der Waals surface area contributed by atoms with Crippen molar-refractivity contribution in [3.8, 4) is 0 Å². The number of aryl methyl sites for hydroxylation is 1. The summed E-state index contributed by atoms with van der Waals surface area (Å²) in [6.45, 7) is 3.22. The minimum Gasteiger partial charge on any atom is -0.451 e. The molecule has 5 heteroatoms. The number of piperidine rings is 1. The predicted octanol–water partition coefficient (Wildman–Crippen LogP) is 2.96. The number of hydrogen-bond donors (Lipinski definition) is 1. The maximum atomic E-state index is 12.6. The van der Waals surface area contributed by atoms with Gasteiger partial charge in [0.25, 0.3) is 5.91 Å². The second kappa shape index (κ2) is 5.11. The first-order chi connectivity index (χ1) is 9.56. The van der Waals surface area contributed by atoms with Crippen LogP contribution in [0, 0.1) is 6.92 Å². The van der Waals surface area contributed by atoms with Crippen LogP contribution in [0.1, 0.15) is 29.0 Å². The number of likely N-dealkylation sites (tertiary alicyclic amines) is 1. The maximum Gasteiger partial charge on any atom is 0.289 e. The molecule has 0 spiro atoms. The summed E-state index contributed by atoms with van der Waals surface area (Å²) in [5.41, 5.74) is 7.46. The van der Waals surface area contributed by atoms with Crippen molar-refractivity contribution in [2.24, 2.45) is 5.73 Å². The molecule has 1 aromatic heterocycles. The molecule has 1 aliphatic rings. The largest absolute Gasteiger partial charge is 0.451 e. The zero-order valence-electron chi connectivity index (χ0n) is 11.4. The van der Waals surface area contributed by atoms with Gasteiger partial charge < -0.3 is 15.1 Å². The van der Waals surface area contributed by atoms with E-state index < -0.39 is 0 Å². The van der Waals surface area contributed by atoms with Gasteiger partial charge in [0.05, 0.1) is 0 Å². The van der Waals surface area contributed by atoms with Gasteiger partial charge in [0, 0.05) is 35.1 Å². The molecule has 2 aromatic rings. The quantitative estimate of drug-likeness (QED) is 0.879. The first-order valence-corrected chi connectivity index (χ1v) is 7.17. The van der Waals surface area contributed by atoms with Crippen molar-refractivity contribution in [3.05, 3.63) is 34.5 Å². The second-order valence-corrected chi connectivity index (χ2v) is 5.79. The van der Waals surface area contributed by atoms with E-state index in [1.165, 1.54) is 0 Å². The Bertz CT molecular complexity index is 665. The van der Waals surface area contributed by atoms with E-state index in [2.05, 4.69) is 0 Å². The Labute approximate surface area is 122 Å². The van der Waals surface area contributed by atoms with Crippen molar-refractivity contribution in [1.29, 1.82) is 0 Å². The molecule has 1 saturated heterocycles. The highest BCUT2D eigenvalue weighted by atomic mass is 35.5. The summed E-state index contributed by atoms with van der Waals surface area (Å²) >= 11 is 5.99. The monoisotopic (exact) mass is 292 g/mol. The van der Waals surface area contributed by atoms with Gasteiger partial charge in [-0.3, -0.25) is 4.79 Å². The number of furan rings is 1. The standard InChI is InChI=1S/C15H17ClN2O2/c1-9-12-7-10(16)4-5-13(12)20-14(9)15(19)18-6-2-3-11(17)8-18/h4-5,7,11H,2-3,6,8,17H2,1H3/t11-/m1/s1. The summed E-state index contributed by atoms with van der Waals surface area (Å²) in [6, 6.07) is 5.45. The van der Waals surface area contributed by atoms with Crippen LogP contribution in [0.15, 0.2) is 22.6 Å². The number of amides is 1. The van der Waals surface area contributed by atoms with Crippen LogP contribution in [0.25, 0.3) is 11.0 Å². The van der Waals surface area contributed by atoms with Crippen molar-refractivity contribution >= 4 is 28.5 Å². The normalized spacial score (nSPS) is 19.6. The molecule has 0 aliphatic carbocycles. The van der Waals surface area contributed by atoms with E-state index >= 15 is 0 Å². The molecule has 1 aliphatic heterocycles. The number of nitrogens with zero attached hydrogens (tertiary/aromatic N) is 1. The lowest BCUT2D eigenvalue weighted by Crippen LogP contribution is -2.45. The van der Waals surface area contributed by atoms with Crippen molar-refractivity contribution in [2.45, 2.75) is 25.8 Å². The first kappa shape index (κ1) is 13.5. The van der Waals surface area contributed by atoms with E-state index in [1.54, 1.807) is 17.0 Å². The van der Waals surface area contributed by atoms with Gasteiger partial charge in [-0.25, -0.2) is 0 Å². The average molecular weight is 293 g/mol. The molecule has 106 valence electrons. The Kier molecular flexibility index (Phi) is 3.44. The predicted molar refractivity (Wildman–Crippen MR) is 79.1 cm³/mol. The van der Waals surface area contributed by atoms with E-state index in [0.29, 0.717) is 22.9 Å². The molecule has 2 N–H and O–H groups in total. The van der Waals surface area contributed by atoms with Crippen LogP contribution in [-0.2, 0) is 0 Å². The summed E-state index contributed by atoms with van der Waals surface area (Å²) in [7, 11) is 0. The van der Waals surface area contributed by atoms with Crippen LogP contribution in [0.2, 0.25) is 5.02 Å². The van der Waals surface area contributed by atoms with E-state index in [4.69, 9.17) is 21.8 Å². The van der Waals surface area contributed by atoms with Crippen LogP contribution in [0.5, 0.6) is 0 Å². The summed E-state index contributed by atoms with van der Waals surface area (Å²) in [5, 5.41) is 1.53. The zero-order valence-corrected chi connectivity index (χ0v) is 12.1. The van der Waals surface area contributed by atoms with Gasteiger partial charge in [-0.15, -0.1) is 0 Å². The Morgan fingerprint density at radius 1 is 1.50 bits per heavy atom. The summed E-state index contributed by atoms with van der Waals surface area (Å²) in [5.74, 6) is 0.321. The Morgan fingerprint density at radius 3 is 3.05 bits per heavy atom. The van der Waals surface area contributed by atoms with Crippen molar-refractivity contribution in [1.82, 2.24) is 4.90 Å². The van der Waals surface area contributed by atoms with E-state index in [-0.39, 0.29) is 11.9 Å². The molecule has 0 saturated carbocycles. The number of carbonyl (C=O) groups is 1. The molecule has 20 heavy (non-hydrogen) atoms. The highest BCUT2D eigenvalue weighted by Gasteiger charge is 2.26. The van der Waals surface area contributed by atoms with Gasteiger partial charge in [0.1, 0.15) is 5.58 Å². The topological polar surface area (TPSA) is 59.5 Å². The van der Waals surface area contributed by atoms with Gasteiger partial charge in [-0.1, -0.05) is 11.6 Å². The fourth-order valence-corrected chi connectivity index (χ4v) is 2.91. The maximum absolute atomic E-state index is 12.6. The third kappa shape index (κ3) is 2.30. The lowest BCUT2D eigenvalue weighted by Gasteiger charge is -2.30. The fraction of sp³-hybridized carbons (Fsp3) is 0.400. The molecular formula is C15H17ClN2O2. The zero-order chi connectivity index (χ0) is 14.3. The number of nitrogens with two attached hydrogens (primary N) is 1. The Hall–Kier alpha value is -1.52. The number of rotatable bonds is 1. The Morgan fingerprint density at radius 2 is 2.30 bits per heavy atom. The van der Waals surface area contributed by atoms with Gasteiger partial charge in [-0.05, 0) is 38.0 Å². The molecular weight excluding hydrogens is 276 g/mol. The van der Waals surface area contributed by atoms with Crippen molar-refractivity contribution in [2.75, 3.05) is 13.1 Å². The molecule has 1 aromatic carbocycles. The number of hydrogen-bond acceptors (Lipinski definition) is 3. The number of halogens is 1. The van der Waals surface area contributed by atoms with Crippen molar-refractivity contribution in [3.63, 3.8) is 0 Å². The average Bonchev–Trinajstić information content (AvgIpc) is 2.75. The highest BCUT2D eigenvalue weighted by molar-refractivity contribution is 6.31. The van der Waals surface area contributed by atoms with Gasteiger partial charge in [0.2, 0.25) is 0 Å². The van der Waals surface area contributed by atoms with E-state index in [1.807, 2.05) is 13.0 Å². The molecule has 2 heterocycles. The second-order valence-electron chi connectivity index (χ2n) is 5.35. The minimum atomic E-state index is -0.0787. The van der Waals surface area contributed by atoms with Crippen LogP contribution < -0.4 is 5.73 Å². The van der Waals surface area contributed by atoms with Crippen molar-refractivity contribution < 1.29 is 9.21 Å². The minimum absolute atomic E-state index is 0.0619. The molecule has 3 rings (SSSR count). The summed E-state index contributed by atoms with van der Waals surface area (Å²) in [6.07, 6.45) is 1.91. The van der Waals surface area contributed by atoms with E-state index in [9.17, 15) is 4.79 Å². The molecule has 0 radical (unpaired) electrons. The smallest absolute Gasteiger partial charge is 0.289 e. The third-order valence-corrected chi connectivity index (χ3v) is 4.07. The molecule has 0 unspecified atom stereocenters. The SMILES string of the molecule is Cc1c(C(=O)N2CCC[C@@H](N)C2)oc2ccc(Cl)cc12. The van der Waals surface area contributed by atoms with Crippen LogP contribution in [0.4, 0.5) is 0 Å². The van der Waals surface area contributed by atoms with Crippen LogP contribution in [-0.4, -0.2) is 29.9 Å². The lowest BCUT2D eigenvalue weighted by molar-refractivity contribution is 0.0678. The number of carbonyl (C=O) groups excluding carboxylic acids is 1. The first-order valence-electron chi connectivity index (χ1n) is 6.80. The summed E-state index contributed by atoms with van der Waals surface area (Å²) in [4.78, 5) is 14.3. The van der Waals surface area contributed by atoms with E-state index in [0.717, 1.165) is 30.3 Å². The molecule has 1 fully saturated rings. The van der Waals surface area contributed by atoms with Gasteiger partial charge in [0.15, 0.2) is 5.76 Å². The van der Waals surface area contributed by atoms with Crippen LogP contribution in [0.3, 0.4) is 0 Å². The summed E-state index contributed by atoms with van der Waals surface area (Å²) < 4.78 is 5.71. The molecule has 1 atom stereocenters. The van der Waals surface area contributed by atoms with Gasteiger partial charge >= 0.3 is 0 Å². The Balaban J connectivity index is 1.97. The highest BCUT2D eigenvalue weighted by Crippen LogP contribution is 2.29. The molecule has 1 amide bonds. The number of fused-ring (bicyclic) bond motifs is 1. The molecule has 0 bridgehead atoms. The lowest BCUT2D eigenvalue weighted by atomic mass is 10.1. The fourth-order valence-electron chi connectivity index (χ4n) is 2.74. The third-order valence-electron chi connectivity index (χ3n) is 3.84. The number of benzene rings is 1. The van der Waals surface area contributed by atoms with Gasteiger partial charge in [-0.2, -0.15) is 0 Å². The molecule has 4 nitrogen and oxygen atoms in total.